The zero-order valence-corrected chi connectivity index (χ0v) is 15.6. The Bertz CT molecular complexity index is 703. The van der Waals surface area contributed by atoms with Crippen molar-refractivity contribution in [3.63, 3.8) is 0 Å². The van der Waals surface area contributed by atoms with Crippen LogP contribution in [-0.2, 0) is 16.0 Å². The molecule has 1 N–H and O–H groups in total. The van der Waals surface area contributed by atoms with Crippen LogP contribution in [0.15, 0.2) is 30.3 Å². The maximum Gasteiger partial charge on any atom is 0.311 e. The van der Waals surface area contributed by atoms with Crippen LogP contribution in [0.25, 0.3) is 0 Å². The predicted octanol–water partition coefficient (Wildman–Crippen LogP) is 3.75. The molecule has 4 unspecified atom stereocenters. The number of carbonyl (C=O) groups excluding carboxylic acids is 1. The number of carbonyl (C=O) groups is 2. The van der Waals surface area contributed by atoms with E-state index in [1.54, 1.807) is 6.92 Å². The van der Waals surface area contributed by atoms with Crippen LogP contribution < -0.4 is 0 Å². The molecule has 4 rings (SSSR count). The van der Waals surface area contributed by atoms with Crippen molar-refractivity contribution >= 4 is 11.9 Å². The maximum absolute atomic E-state index is 13.8. The molecule has 1 amide bonds. The van der Waals surface area contributed by atoms with Gasteiger partial charge in [0.15, 0.2) is 0 Å². The van der Waals surface area contributed by atoms with E-state index in [9.17, 15) is 14.7 Å². The Morgan fingerprint density at radius 2 is 2.00 bits per heavy atom. The molecule has 26 heavy (non-hydrogen) atoms. The summed E-state index contributed by atoms with van der Waals surface area (Å²) in [5.41, 5.74) is 0.104. The van der Waals surface area contributed by atoms with Gasteiger partial charge >= 0.3 is 5.97 Å². The molecule has 4 atom stereocenters. The fraction of sp³-hybridized carbons (Fsp3) is 0.636. The van der Waals surface area contributed by atoms with Gasteiger partial charge in [-0.3, -0.25) is 9.59 Å². The van der Waals surface area contributed by atoms with Gasteiger partial charge in [0.1, 0.15) is 0 Å². The third kappa shape index (κ3) is 2.83. The van der Waals surface area contributed by atoms with Crippen LogP contribution in [0.4, 0.5) is 0 Å². The molecule has 0 radical (unpaired) electrons. The fourth-order valence-electron chi connectivity index (χ4n) is 5.86. The van der Waals surface area contributed by atoms with Crippen LogP contribution in [0, 0.1) is 22.7 Å². The summed E-state index contributed by atoms with van der Waals surface area (Å²) in [4.78, 5) is 27.4. The average molecular weight is 355 g/mol. The highest BCUT2D eigenvalue weighted by molar-refractivity contribution is 5.85. The summed E-state index contributed by atoms with van der Waals surface area (Å²) in [5.74, 6) is 0.572. The molecular formula is C22H29NO3. The van der Waals surface area contributed by atoms with Gasteiger partial charge in [0.25, 0.3) is 0 Å². The minimum absolute atomic E-state index is 0.223. The number of rotatable bonds is 4. The van der Waals surface area contributed by atoms with Gasteiger partial charge in [-0.1, -0.05) is 36.8 Å². The van der Waals surface area contributed by atoms with Crippen molar-refractivity contribution in [1.82, 2.24) is 4.90 Å². The monoisotopic (exact) mass is 355 g/mol. The fourth-order valence-corrected chi connectivity index (χ4v) is 5.86. The molecule has 2 saturated carbocycles. The molecular weight excluding hydrogens is 326 g/mol. The smallest absolute Gasteiger partial charge is 0.311 e. The quantitative estimate of drug-likeness (QED) is 0.895. The number of hydrogen-bond acceptors (Lipinski definition) is 2. The van der Waals surface area contributed by atoms with E-state index >= 15 is 0 Å². The number of benzene rings is 1. The van der Waals surface area contributed by atoms with Crippen molar-refractivity contribution in [2.45, 2.75) is 51.9 Å². The second kappa shape index (κ2) is 6.40. The van der Waals surface area contributed by atoms with Gasteiger partial charge in [-0.05, 0) is 62.8 Å². The summed E-state index contributed by atoms with van der Waals surface area (Å²) in [6.45, 7) is 2.85. The number of piperidine rings is 1. The second-order valence-electron chi connectivity index (χ2n) is 9.09. The molecule has 0 aromatic heterocycles. The number of hydrogen-bond donors (Lipinski definition) is 1. The number of fused-ring (bicyclic) bond motifs is 2. The van der Waals surface area contributed by atoms with Crippen molar-refractivity contribution in [3.05, 3.63) is 35.9 Å². The molecule has 1 heterocycles. The summed E-state index contributed by atoms with van der Waals surface area (Å²) in [7, 11) is 0. The molecule has 4 heteroatoms. The Kier molecular flexibility index (Phi) is 4.32. The lowest BCUT2D eigenvalue weighted by molar-refractivity contribution is -0.158. The number of carboxylic acids is 1. The standard InChI is InChI=1S/C22H29NO3/c1-21(20(25)26)10-5-11-23(15-21)19(24)22(13-16-6-3-2-4-7-16)14-17-8-9-18(22)12-17/h2-4,6-7,17-18H,5,8-15H2,1H3,(H,25,26). The van der Waals surface area contributed by atoms with Gasteiger partial charge in [-0.2, -0.15) is 0 Å². The van der Waals surface area contributed by atoms with E-state index in [0.29, 0.717) is 31.3 Å². The van der Waals surface area contributed by atoms with Gasteiger partial charge < -0.3 is 10.0 Å². The average Bonchev–Trinajstić information content (AvgIpc) is 3.23. The third-order valence-electron chi connectivity index (χ3n) is 7.26. The van der Waals surface area contributed by atoms with E-state index in [-0.39, 0.29) is 11.3 Å². The highest BCUT2D eigenvalue weighted by Crippen LogP contribution is 2.58. The molecule has 4 nitrogen and oxygen atoms in total. The number of aliphatic carboxylic acids is 1. The first-order valence-electron chi connectivity index (χ1n) is 10.00. The summed E-state index contributed by atoms with van der Waals surface area (Å²) in [6.07, 6.45) is 6.78. The van der Waals surface area contributed by atoms with Gasteiger partial charge in [0, 0.05) is 13.1 Å². The molecule has 3 fully saturated rings. The first-order chi connectivity index (χ1) is 12.4. The van der Waals surface area contributed by atoms with Crippen LogP contribution in [-0.4, -0.2) is 35.0 Å². The number of nitrogens with zero attached hydrogens (tertiary/aromatic N) is 1. The van der Waals surface area contributed by atoms with Crippen LogP contribution in [0.2, 0.25) is 0 Å². The Labute approximate surface area is 155 Å². The van der Waals surface area contributed by atoms with Crippen LogP contribution in [0.1, 0.15) is 51.0 Å². The normalized spacial score (nSPS) is 36.3. The molecule has 1 aromatic carbocycles. The van der Waals surface area contributed by atoms with E-state index in [2.05, 4.69) is 12.1 Å². The van der Waals surface area contributed by atoms with Gasteiger partial charge in [-0.15, -0.1) is 0 Å². The summed E-state index contributed by atoms with van der Waals surface area (Å²) >= 11 is 0. The van der Waals surface area contributed by atoms with Crippen molar-refractivity contribution in [3.8, 4) is 0 Å². The van der Waals surface area contributed by atoms with Crippen molar-refractivity contribution in [2.24, 2.45) is 22.7 Å². The van der Waals surface area contributed by atoms with Crippen LogP contribution in [0.3, 0.4) is 0 Å². The Hall–Kier alpha value is -1.84. The highest BCUT2D eigenvalue weighted by atomic mass is 16.4. The Morgan fingerprint density at radius 3 is 2.62 bits per heavy atom. The number of carboxylic acid groups (broad SMARTS) is 1. The largest absolute Gasteiger partial charge is 0.481 e. The van der Waals surface area contributed by atoms with Gasteiger partial charge in [0.2, 0.25) is 5.91 Å². The zero-order chi connectivity index (χ0) is 18.4. The summed E-state index contributed by atoms with van der Waals surface area (Å²) < 4.78 is 0. The predicted molar refractivity (Wildman–Crippen MR) is 99.6 cm³/mol. The van der Waals surface area contributed by atoms with Crippen LogP contribution in [0.5, 0.6) is 0 Å². The molecule has 1 aromatic rings. The highest BCUT2D eigenvalue weighted by Gasteiger charge is 2.57. The van der Waals surface area contributed by atoms with Crippen molar-refractivity contribution in [1.29, 1.82) is 0 Å². The van der Waals surface area contributed by atoms with Crippen molar-refractivity contribution < 1.29 is 14.7 Å². The Balaban J connectivity index is 1.62. The van der Waals surface area contributed by atoms with E-state index in [0.717, 1.165) is 25.7 Å². The minimum Gasteiger partial charge on any atom is -0.481 e. The topological polar surface area (TPSA) is 57.6 Å². The molecule has 1 saturated heterocycles. The van der Waals surface area contributed by atoms with Crippen molar-refractivity contribution in [2.75, 3.05) is 13.1 Å². The molecule has 1 aliphatic heterocycles. The SMILES string of the molecule is CC1(C(=O)O)CCCN(C(=O)C2(Cc3ccccc3)CC3CCC2C3)C1. The second-order valence-corrected chi connectivity index (χ2v) is 9.09. The lowest BCUT2D eigenvalue weighted by atomic mass is 9.67. The minimum atomic E-state index is -0.806. The van der Waals surface area contributed by atoms with Gasteiger partial charge in [-0.25, -0.2) is 0 Å². The molecule has 3 aliphatic rings. The first-order valence-corrected chi connectivity index (χ1v) is 10.00. The van der Waals surface area contributed by atoms with E-state index in [4.69, 9.17) is 0 Å². The zero-order valence-electron chi connectivity index (χ0n) is 15.6. The van der Waals surface area contributed by atoms with E-state index in [1.807, 2.05) is 23.1 Å². The molecule has 0 spiro atoms. The number of likely N-dealkylation sites (tertiary alicyclic amines) is 1. The van der Waals surface area contributed by atoms with Gasteiger partial charge in [0.05, 0.1) is 10.8 Å². The molecule has 140 valence electrons. The lowest BCUT2D eigenvalue weighted by Crippen LogP contribution is -2.54. The Morgan fingerprint density at radius 1 is 1.23 bits per heavy atom. The first kappa shape index (κ1) is 17.6. The molecule has 2 bridgehead atoms. The molecule has 2 aliphatic carbocycles. The number of amides is 1. The lowest BCUT2D eigenvalue weighted by Gasteiger charge is -2.45. The van der Waals surface area contributed by atoms with Crippen LogP contribution >= 0.6 is 0 Å². The summed E-state index contributed by atoms with van der Waals surface area (Å²) in [6, 6.07) is 10.4. The third-order valence-corrected chi connectivity index (χ3v) is 7.26. The summed E-state index contributed by atoms with van der Waals surface area (Å²) in [5, 5.41) is 9.63. The maximum atomic E-state index is 13.8. The van der Waals surface area contributed by atoms with E-state index in [1.165, 1.54) is 18.4 Å². The van der Waals surface area contributed by atoms with E-state index < -0.39 is 11.4 Å².